The molecule has 0 saturated heterocycles. The smallest absolute Gasteiger partial charge is 0.307 e. The minimum atomic E-state index is -0.965. The molecule has 2 aromatic carbocycles. The highest BCUT2D eigenvalue weighted by atomic mass is 35.5. The third-order valence-corrected chi connectivity index (χ3v) is 7.85. The van der Waals surface area contributed by atoms with Crippen LogP contribution in [0, 0.1) is 11.8 Å². The zero-order valence-electron chi connectivity index (χ0n) is 18.7. The van der Waals surface area contributed by atoms with E-state index in [9.17, 15) is 19.5 Å². The molecule has 2 atom stereocenters. The lowest BCUT2D eigenvalue weighted by molar-refractivity contribution is -0.146. The van der Waals surface area contributed by atoms with Crippen molar-refractivity contribution < 1.29 is 19.5 Å². The molecule has 0 bridgehead atoms. The third-order valence-electron chi connectivity index (χ3n) is 5.54. The molecule has 1 aliphatic carbocycles. The largest absolute Gasteiger partial charge is 0.481 e. The summed E-state index contributed by atoms with van der Waals surface area (Å²) in [4.78, 5) is 41.7. The number of hydrogen-bond acceptors (Lipinski definition) is 6. The molecule has 2 unspecified atom stereocenters. The highest BCUT2D eigenvalue weighted by Gasteiger charge is 2.33. The fourth-order valence-corrected chi connectivity index (χ4v) is 5.63. The van der Waals surface area contributed by atoms with Crippen LogP contribution in [-0.4, -0.2) is 33.6 Å². The first-order valence-electron chi connectivity index (χ1n) is 10.9. The van der Waals surface area contributed by atoms with Crippen LogP contribution in [0.4, 0.5) is 10.8 Å². The van der Waals surface area contributed by atoms with E-state index in [1.54, 1.807) is 48.5 Å². The summed E-state index contributed by atoms with van der Waals surface area (Å²) < 4.78 is 0. The summed E-state index contributed by atoms with van der Waals surface area (Å²) in [5, 5.41) is 18.3. The summed E-state index contributed by atoms with van der Waals surface area (Å²) in [7, 11) is 0. The molecule has 0 radical (unpaired) electrons. The number of amides is 2. The van der Waals surface area contributed by atoms with Gasteiger partial charge in [0.1, 0.15) is 0 Å². The fraction of sp³-hybridized carbons (Fsp3) is 0.200. The van der Waals surface area contributed by atoms with Gasteiger partial charge < -0.3 is 15.7 Å². The van der Waals surface area contributed by atoms with Crippen molar-refractivity contribution in [2.24, 2.45) is 11.8 Å². The van der Waals surface area contributed by atoms with Gasteiger partial charge in [0.15, 0.2) is 5.13 Å². The van der Waals surface area contributed by atoms with Gasteiger partial charge in [-0.25, -0.2) is 4.98 Å². The van der Waals surface area contributed by atoms with E-state index in [0.717, 1.165) is 10.5 Å². The van der Waals surface area contributed by atoms with Gasteiger partial charge in [-0.3, -0.25) is 14.4 Å². The Morgan fingerprint density at radius 3 is 2.44 bits per heavy atom. The second kappa shape index (κ2) is 11.9. The van der Waals surface area contributed by atoms with Gasteiger partial charge in [-0.2, -0.15) is 0 Å². The Bertz CT molecular complexity index is 1310. The zero-order valence-corrected chi connectivity index (χ0v) is 21.9. The molecule has 3 N–H and O–H groups in total. The molecule has 36 heavy (non-hydrogen) atoms. The number of carbonyl (C=O) groups excluding carboxylic acids is 2. The number of nitrogens with one attached hydrogen (secondary N) is 2. The number of carbonyl (C=O) groups is 3. The summed E-state index contributed by atoms with van der Waals surface area (Å²) >= 11 is 14.8. The molecule has 7 nitrogen and oxygen atoms in total. The van der Waals surface area contributed by atoms with Gasteiger partial charge in [-0.15, -0.1) is 23.1 Å². The van der Waals surface area contributed by atoms with Gasteiger partial charge >= 0.3 is 5.97 Å². The van der Waals surface area contributed by atoms with Crippen LogP contribution in [-0.2, 0) is 14.4 Å². The Morgan fingerprint density at radius 1 is 1.03 bits per heavy atom. The summed E-state index contributed by atoms with van der Waals surface area (Å²) in [5.74, 6) is -2.63. The number of allylic oxidation sites excluding steroid dienone is 2. The van der Waals surface area contributed by atoms with E-state index in [1.165, 1.54) is 23.1 Å². The number of anilines is 2. The number of hydrogen-bond donors (Lipinski definition) is 3. The summed E-state index contributed by atoms with van der Waals surface area (Å²) in [5.41, 5.74) is 1.96. The van der Waals surface area contributed by atoms with Crippen LogP contribution in [0.1, 0.15) is 12.8 Å². The van der Waals surface area contributed by atoms with Crippen molar-refractivity contribution in [3.8, 4) is 11.3 Å². The first kappa shape index (κ1) is 26.2. The summed E-state index contributed by atoms with van der Waals surface area (Å²) in [6.07, 6.45) is 4.39. The number of thiazole rings is 1. The lowest BCUT2D eigenvalue weighted by Gasteiger charge is -2.24. The first-order chi connectivity index (χ1) is 17.3. The van der Waals surface area contributed by atoms with Crippen molar-refractivity contribution in [2.45, 2.75) is 17.7 Å². The maximum Gasteiger partial charge on any atom is 0.307 e. The predicted octanol–water partition coefficient (Wildman–Crippen LogP) is 6.45. The van der Waals surface area contributed by atoms with Crippen LogP contribution >= 0.6 is 46.3 Å². The third kappa shape index (κ3) is 6.67. The highest BCUT2D eigenvalue weighted by Crippen LogP contribution is 2.32. The lowest BCUT2D eigenvalue weighted by atomic mass is 9.82. The maximum absolute atomic E-state index is 12.6. The van der Waals surface area contributed by atoms with Gasteiger partial charge in [0.05, 0.1) is 28.3 Å². The lowest BCUT2D eigenvalue weighted by Crippen LogP contribution is -2.34. The van der Waals surface area contributed by atoms with E-state index in [1.807, 2.05) is 11.5 Å². The Morgan fingerprint density at radius 2 is 1.75 bits per heavy atom. The molecule has 1 heterocycles. The first-order valence-corrected chi connectivity index (χ1v) is 13.5. The van der Waals surface area contributed by atoms with Crippen molar-refractivity contribution in [2.75, 3.05) is 16.4 Å². The fourth-order valence-electron chi connectivity index (χ4n) is 3.70. The van der Waals surface area contributed by atoms with Crippen molar-refractivity contribution in [1.29, 1.82) is 0 Å². The number of halogens is 2. The van der Waals surface area contributed by atoms with Gasteiger partial charge in [-0.1, -0.05) is 35.4 Å². The molecule has 3 aromatic rings. The normalized spacial score (nSPS) is 16.9. The molecule has 186 valence electrons. The van der Waals surface area contributed by atoms with E-state index in [0.29, 0.717) is 39.4 Å². The Balaban J connectivity index is 1.28. The van der Waals surface area contributed by atoms with Crippen LogP contribution in [0.15, 0.2) is 64.9 Å². The molecular weight excluding hydrogens is 541 g/mol. The van der Waals surface area contributed by atoms with Crippen molar-refractivity contribution >= 4 is 74.9 Å². The van der Waals surface area contributed by atoms with Crippen LogP contribution < -0.4 is 10.6 Å². The van der Waals surface area contributed by atoms with Crippen LogP contribution in [0.5, 0.6) is 0 Å². The number of rotatable bonds is 8. The molecule has 1 aromatic heterocycles. The average molecular weight is 563 g/mol. The minimum Gasteiger partial charge on any atom is -0.481 e. The number of nitrogens with zero attached hydrogens (tertiary/aromatic N) is 1. The van der Waals surface area contributed by atoms with E-state index in [2.05, 4.69) is 15.6 Å². The van der Waals surface area contributed by atoms with Crippen molar-refractivity contribution in [3.05, 3.63) is 70.0 Å². The van der Waals surface area contributed by atoms with Crippen LogP contribution in [0.25, 0.3) is 11.3 Å². The van der Waals surface area contributed by atoms with E-state index in [-0.39, 0.29) is 17.6 Å². The molecule has 0 saturated carbocycles. The van der Waals surface area contributed by atoms with Crippen molar-refractivity contribution in [3.63, 3.8) is 0 Å². The van der Waals surface area contributed by atoms with Gasteiger partial charge in [0.2, 0.25) is 11.8 Å². The van der Waals surface area contributed by atoms with Crippen LogP contribution in [0.2, 0.25) is 10.0 Å². The molecule has 2 amide bonds. The van der Waals surface area contributed by atoms with E-state index < -0.39 is 17.8 Å². The second-order valence-electron chi connectivity index (χ2n) is 8.01. The Hall–Kier alpha value is -2.85. The standard InChI is InChI=1S/C25H21Cl2N3O4S2/c26-14-5-10-19(20(27)11-14)21-12-36-25(29-21)30-22(31)13-35-16-8-6-15(7-9-16)28-23(32)17-3-1-2-4-18(17)24(33)34/h1-2,5-12,17-18H,3-4,13H2,(H,28,32)(H,33,34)(H,29,30,31). The summed E-state index contributed by atoms with van der Waals surface area (Å²) in [6.45, 7) is 0. The Kier molecular flexibility index (Phi) is 8.68. The number of benzene rings is 2. The quantitative estimate of drug-likeness (QED) is 0.215. The number of carboxylic acid groups (broad SMARTS) is 1. The van der Waals surface area contributed by atoms with Gasteiger partial charge in [0.25, 0.3) is 0 Å². The molecule has 11 heteroatoms. The molecule has 0 fully saturated rings. The molecule has 0 spiro atoms. The predicted molar refractivity (Wildman–Crippen MR) is 145 cm³/mol. The topological polar surface area (TPSA) is 108 Å². The highest BCUT2D eigenvalue weighted by molar-refractivity contribution is 8.00. The minimum absolute atomic E-state index is 0.178. The Labute approximate surface area is 225 Å². The monoisotopic (exact) mass is 561 g/mol. The number of thioether (sulfide) groups is 1. The zero-order chi connectivity index (χ0) is 25.7. The molecule has 0 aliphatic heterocycles. The van der Waals surface area contributed by atoms with Crippen LogP contribution in [0.3, 0.4) is 0 Å². The maximum atomic E-state index is 12.6. The van der Waals surface area contributed by atoms with Crippen molar-refractivity contribution in [1.82, 2.24) is 4.98 Å². The molecule has 4 rings (SSSR count). The van der Waals surface area contributed by atoms with Gasteiger partial charge in [-0.05, 0) is 55.3 Å². The summed E-state index contributed by atoms with van der Waals surface area (Å²) in [6, 6.07) is 12.2. The average Bonchev–Trinajstić information content (AvgIpc) is 3.31. The number of aromatic nitrogens is 1. The van der Waals surface area contributed by atoms with E-state index in [4.69, 9.17) is 23.2 Å². The van der Waals surface area contributed by atoms with E-state index >= 15 is 0 Å². The number of aliphatic carboxylic acids is 1. The molecule has 1 aliphatic rings. The number of carboxylic acids is 1. The molecular formula is C25H21Cl2N3O4S2. The van der Waals surface area contributed by atoms with Gasteiger partial charge in [0, 0.05) is 26.5 Å². The second-order valence-corrected chi connectivity index (χ2v) is 10.8. The SMILES string of the molecule is O=C(CSc1ccc(NC(=O)C2CC=CCC2C(=O)O)cc1)Nc1nc(-c2ccc(Cl)cc2Cl)cs1.